The number of benzene rings is 2. The van der Waals surface area contributed by atoms with Gasteiger partial charge in [0.1, 0.15) is 11.5 Å². The van der Waals surface area contributed by atoms with Crippen LogP contribution in [0.5, 0.6) is 11.5 Å². The van der Waals surface area contributed by atoms with Gasteiger partial charge in [0.15, 0.2) is 0 Å². The van der Waals surface area contributed by atoms with Gasteiger partial charge >= 0.3 is 5.97 Å². The van der Waals surface area contributed by atoms with Crippen LogP contribution in [0.3, 0.4) is 0 Å². The molecule has 2 amide bonds. The van der Waals surface area contributed by atoms with E-state index in [1.165, 1.54) is 46.5 Å². The fourth-order valence-corrected chi connectivity index (χ4v) is 2.37. The molecule has 8 heteroatoms. The molecular weight excluding hydrogens is 376 g/mol. The molecule has 2 N–H and O–H groups in total. The number of methoxy groups -OCH3 is 3. The fraction of sp³-hybridized carbons (Fsp3) is 0.190. The van der Waals surface area contributed by atoms with Crippen LogP contribution in [-0.4, -0.2) is 39.1 Å². The summed E-state index contributed by atoms with van der Waals surface area (Å²) in [6, 6.07) is 11.2. The Labute approximate surface area is 168 Å². The van der Waals surface area contributed by atoms with Gasteiger partial charge in [-0.1, -0.05) is 0 Å². The number of rotatable bonds is 7. The van der Waals surface area contributed by atoms with E-state index in [0.29, 0.717) is 28.4 Å². The van der Waals surface area contributed by atoms with Crippen molar-refractivity contribution in [3.8, 4) is 11.5 Å². The Kier molecular flexibility index (Phi) is 7.36. The Balaban J connectivity index is 2.03. The zero-order chi connectivity index (χ0) is 21.4. The zero-order valence-corrected chi connectivity index (χ0v) is 16.6. The van der Waals surface area contributed by atoms with Crippen molar-refractivity contribution < 1.29 is 28.6 Å². The number of carbonyl (C=O) groups excluding carboxylic acids is 3. The van der Waals surface area contributed by atoms with E-state index in [-0.39, 0.29) is 5.57 Å². The van der Waals surface area contributed by atoms with E-state index in [9.17, 15) is 14.4 Å². The molecule has 0 bridgehead atoms. The maximum Gasteiger partial charge on any atom is 0.337 e. The predicted molar refractivity (Wildman–Crippen MR) is 108 cm³/mol. The van der Waals surface area contributed by atoms with Gasteiger partial charge in [0.05, 0.1) is 32.6 Å². The minimum atomic E-state index is -0.484. The largest absolute Gasteiger partial charge is 0.497 e. The molecule has 0 saturated heterocycles. The summed E-state index contributed by atoms with van der Waals surface area (Å²) in [5.41, 5.74) is 1.49. The van der Waals surface area contributed by atoms with Gasteiger partial charge < -0.3 is 24.8 Å². The molecule has 152 valence electrons. The maximum absolute atomic E-state index is 12.3. The minimum absolute atomic E-state index is 0.201. The molecule has 0 saturated carbocycles. The molecule has 0 aliphatic carbocycles. The van der Waals surface area contributed by atoms with Crippen molar-refractivity contribution in [1.82, 2.24) is 0 Å². The van der Waals surface area contributed by atoms with E-state index in [0.717, 1.165) is 0 Å². The SMILES string of the molecule is COC(=O)c1ccc(NC(=O)/C(C)=C/C(=O)Nc2ccc(OC)cc2OC)cc1. The Morgan fingerprint density at radius 1 is 0.897 bits per heavy atom. The number of amides is 2. The number of ether oxygens (including phenoxy) is 3. The van der Waals surface area contributed by atoms with Crippen molar-refractivity contribution in [2.24, 2.45) is 0 Å². The van der Waals surface area contributed by atoms with Crippen molar-refractivity contribution in [3.05, 3.63) is 59.7 Å². The lowest BCUT2D eigenvalue weighted by molar-refractivity contribution is -0.114. The average molecular weight is 398 g/mol. The fourth-order valence-electron chi connectivity index (χ4n) is 2.37. The van der Waals surface area contributed by atoms with Crippen LogP contribution in [0.15, 0.2) is 54.1 Å². The second-order valence-electron chi connectivity index (χ2n) is 5.91. The number of anilines is 2. The Bertz CT molecular complexity index is 935. The zero-order valence-electron chi connectivity index (χ0n) is 16.6. The van der Waals surface area contributed by atoms with Crippen LogP contribution in [-0.2, 0) is 14.3 Å². The summed E-state index contributed by atoms with van der Waals surface area (Å²) < 4.78 is 15.0. The number of esters is 1. The smallest absolute Gasteiger partial charge is 0.337 e. The summed E-state index contributed by atoms with van der Waals surface area (Å²) in [5.74, 6) is -0.387. The van der Waals surface area contributed by atoms with Gasteiger partial charge in [-0.05, 0) is 43.3 Å². The van der Waals surface area contributed by atoms with Crippen molar-refractivity contribution in [3.63, 3.8) is 0 Å². The van der Waals surface area contributed by atoms with Crippen molar-refractivity contribution in [2.75, 3.05) is 32.0 Å². The minimum Gasteiger partial charge on any atom is -0.497 e. The molecule has 0 aromatic heterocycles. The van der Waals surface area contributed by atoms with E-state index in [1.807, 2.05) is 0 Å². The quantitative estimate of drug-likeness (QED) is 0.549. The first kappa shape index (κ1) is 21.5. The van der Waals surface area contributed by atoms with Gasteiger partial charge in [0, 0.05) is 23.4 Å². The molecule has 2 aromatic rings. The first-order valence-corrected chi connectivity index (χ1v) is 8.59. The molecule has 29 heavy (non-hydrogen) atoms. The first-order chi connectivity index (χ1) is 13.9. The third-order valence-corrected chi connectivity index (χ3v) is 3.94. The first-order valence-electron chi connectivity index (χ1n) is 8.59. The third kappa shape index (κ3) is 5.83. The highest BCUT2D eigenvalue weighted by Crippen LogP contribution is 2.29. The predicted octanol–water partition coefficient (Wildman–Crippen LogP) is 3.01. The van der Waals surface area contributed by atoms with Crippen LogP contribution in [0.25, 0.3) is 0 Å². The van der Waals surface area contributed by atoms with E-state index in [1.54, 1.807) is 30.3 Å². The molecule has 2 aromatic carbocycles. The molecular formula is C21H22N2O6. The van der Waals surface area contributed by atoms with E-state index >= 15 is 0 Å². The van der Waals surface area contributed by atoms with Gasteiger partial charge in [-0.2, -0.15) is 0 Å². The van der Waals surface area contributed by atoms with Gasteiger partial charge in [-0.3, -0.25) is 9.59 Å². The average Bonchev–Trinajstić information content (AvgIpc) is 2.73. The number of hydrogen-bond donors (Lipinski definition) is 2. The third-order valence-electron chi connectivity index (χ3n) is 3.94. The van der Waals surface area contributed by atoms with E-state index in [4.69, 9.17) is 9.47 Å². The van der Waals surface area contributed by atoms with Crippen molar-refractivity contribution >= 4 is 29.2 Å². The van der Waals surface area contributed by atoms with E-state index in [2.05, 4.69) is 15.4 Å². The van der Waals surface area contributed by atoms with Crippen LogP contribution in [0.2, 0.25) is 0 Å². The molecule has 2 rings (SSSR count). The Morgan fingerprint density at radius 2 is 1.59 bits per heavy atom. The molecule has 0 heterocycles. The maximum atomic E-state index is 12.3. The number of hydrogen-bond acceptors (Lipinski definition) is 6. The molecule has 0 spiro atoms. The molecule has 0 aliphatic rings. The van der Waals surface area contributed by atoms with Crippen molar-refractivity contribution in [1.29, 1.82) is 0 Å². The summed E-state index contributed by atoms with van der Waals surface area (Å²) in [6.07, 6.45) is 1.18. The van der Waals surface area contributed by atoms with Crippen molar-refractivity contribution in [2.45, 2.75) is 6.92 Å². The highest BCUT2D eigenvalue weighted by Gasteiger charge is 2.11. The molecule has 0 unspecified atom stereocenters. The molecule has 0 aliphatic heterocycles. The van der Waals surface area contributed by atoms with Gasteiger partial charge in [-0.15, -0.1) is 0 Å². The molecule has 0 fully saturated rings. The van der Waals surface area contributed by atoms with E-state index < -0.39 is 17.8 Å². The normalized spacial score (nSPS) is 10.7. The summed E-state index contributed by atoms with van der Waals surface area (Å²) in [7, 11) is 4.30. The Hall–Kier alpha value is -3.81. The second-order valence-corrected chi connectivity index (χ2v) is 5.91. The summed E-state index contributed by atoms with van der Waals surface area (Å²) >= 11 is 0. The van der Waals surface area contributed by atoms with Gasteiger partial charge in [0.2, 0.25) is 5.91 Å². The topological polar surface area (TPSA) is 103 Å². The van der Waals surface area contributed by atoms with Crippen LogP contribution in [0.4, 0.5) is 11.4 Å². The number of nitrogens with one attached hydrogen (secondary N) is 2. The van der Waals surface area contributed by atoms with Crippen LogP contribution >= 0.6 is 0 Å². The number of carbonyl (C=O) groups is 3. The lowest BCUT2D eigenvalue weighted by Gasteiger charge is -2.11. The lowest BCUT2D eigenvalue weighted by atomic mass is 10.2. The summed E-state index contributed by atoms with van der Waals surface area (Å²) in [5, 5.41) is 5.31. The Morgan fingerprint density at radius 3 is 2.17 bits per heavy atom. The highest BCUT2D eigenvalue weighted by molar-refractivity contribution is 6.10. The van der Waals surface area contributed by atoms with Crippen LogP contribution in [0.1, 0.15) is 17.3 Å². The molecule has 0 atom stereocenters. The highest BCUT2D eigenvalue weighted by atomic mass is 16.5. The van der Waals surface area contributed by atoms with Crippen LogP contribution < -0.4 is 20.1 Å². The second kappa shape index (κ2) is 9.93. The lowest BCUT2D eigenvalue weighted by Crippen LogP contribution is -2.16. The molecule has 0 radical (unpaired) electrons. The molecule has 8 nitrogen and oxygen atoms in total. The standard InChI is InChI=1S/C21H22N2O6/c1-13(20(25)22-15-7-5-14(6-8-15)21(26)29-4)11-19(24)23-17-10-9-16(27-2)12-18(17)28-3/h5-12H,1-4H3,(H,22,25)(H,23,24)/b13-11+. The van der Waals surface area contributed by atoms with Crippen LogP contribution in [0, 0.1) is 0 Å². The van der Waals surface area contributed by atoms with Gasteiger partial charge in [0.25, 0.3) is 5.91 Å². The summed E-state index contributed by atoms with van der Waals surface area (Å²) in [4.78, 5) is 36.0. The van der Waals surface area contributed by atoms with Gasteiger partial charge in [-0.25, -0.2) is 4.79 Å². The monoisotopic (exact) mass is 398 g/mol. The summed E-state index contributed by atoms with van der Waals surface area (Å²) in [6.45, 7) is 1.52.